The first-order chi connectivity index (χ1) is 9.03. The van der Waals surface area contributed by atoms with E-state index >= 15 is 0 Å². The van der Waals surface area contributed by atoms with E-state index in [1.54, 1.807) is 0 Å². The van der Waals surface area contributed by atoms with Crippen molar-refractivity contribution in [2.75, 3.05) is 5.73 Å². The highest BCUT2D eigenvalue weighted by Gasteiger charge is 2.27. The molecule has 0 saturated heterocycles. The Hall–Kier alpha value is -1.08. The van der Waals surface area contributed by atoms with Crippen LogP contribution in [0.1, 0.15) is 45.4 Å². The molecule has 1 aromatic heterocycles. The molecule has 0 bridgehead atoms. The predicted molar refractivity (Wildman–Crippen MR) is 74.0 cm³/mol. The average molecular weight is 286 g/mol. The molecule has 0 atom stereocenters. The predicted octanol–water partition coefficient (Wildman–Crippen LogP) is 1.63. The van der Waals surface area contributed by atoms with Gasteiger partial charge in [-0.25, -0.2) is 13.1 Å². The summed E-state index contributed by atoms with van der Waals surface area (Å²) in [5.74, 6) is 0.844. The average Bonchev–Trinajstić information content (AvgIpc) is 2.79. The van der Waals surface area contributed by atoms with Crippen LogP contribution in [0.25, 0.3) is 0 Å². The van der Waals surface area contributed by atoms with E-state index in [4.69, 9.17) is 5.73 Å². The Balaban J connectivity index is 1.94. The molecule has 0 aromatic carbocycles. The molecule has 0 amide bonds. The molecule has 6 nitrogen and oxygen atoms in total. The van der Waals surface area contributed by atoms with Crippen molar-refractivity contribution in [3.05, 3.63) is 6.20 Å². The van der Waals surface area contributed by atoms with E-state index in [-0.39, 0.29) is 16.8 Å². The lowest BCUT2D eigenvalue weighted by Crippen LogP contribution is -2.37. The molecule has 0 spiro atoms. The number of rotatable bonds is 5. The van der Waals surface area contributed by atoms with Crippen molar-refractivity contribution in [3.63, 3.8) is 0 Å². The number of hydrogen-bond donors (Lipinski definition) is 3. The zero-order valence-electron chi connectivity index (χ0n) is 11.2. The molecular weight excluding hydrogens is 264 g/mol. The number of sulfonamides is 1. The van der Waals surface area contributed by atoms with E-state index in [0.29, 0.717) is 0 Å². The molecule has 0 radical (unpaired) electrons. The van der Waals surface area contributed by atoms with Gasteiger partial charge in [0.15, 0.2) is 0 Å². The van der Waals surface area contributed by atoms with Crippen LogP contribution in [0.4, 0.5) is 5.82 Å². The molecule has 2 rings (SSSR count). The van der Waals surface area contributed by atoms with Gasteiger partial charge in [-0.15, -0.1) is 0 Å². The largest absolute Gasteiger partial charge is 0.383 e. The van der Waals surface area contributed by atoms with Gasteiger partial charge >= 0.3 is 0 Å². The quantitative estimate of drug-likeness (QED) is 0.765. The van der Waals surface area contributed by atoms with Crippen molar-refractivity contribution >= 4 is 15.8 Å². The molecule has 1 heterocycles. The second-order valence-electron chi connectivity index (χ2n) is 5.28. The van der Waals surface area contributed by atoms with Crippen LogP contribution in [-0.2, 0) is 10.0 Å². The number of hydrogen-bond acceptors (Lipinski definition) is 4. The Bertz CT molecular complexity index is 504. The summed E-state index contributed by atoms with van der Waals surface area (Å²) in [6.07, 6.45) is 7.70. The summed E-state index contributed by atoms with van der Waals surface area (Å²) in [6.45, 7) is 2.19. The van der Waals surface area contributed by atoms with Gasteiger partial charge in [0.25, 0.3) is 0 Å². The molecule has 4 N–H and O–H groups in total. The van der Waals surface area contributed by atoms with Gasteiger partial charge in [-0.2, -0.15) is 5.10 Å². The smallest absolute Gasteiger partial charge is 0.246 e. The fraction of sp³-hybridized carbons (Fsp3) is 0.750. The highest BCUT2D eigenvalue weighted by Crippen LogP contribution is 2.28. The molecule has 1 fully saturated rings. The molecule has 108 valence electrons. The molecular formula is C12H22N4O2S. The fourth-order valence-electron chi connectivity index (χ4n) is 2.76. The third kappa shape index (κ3) is 3.48. The molecule has 1 aliphatic carbocycles. The summed E-state index contributed by atoms with van der Waals surface area (Å²) < 4.78 is 27.0. The van der Waals surface area contributed by atoms with Crippen LogP contribution in [0.15, 0.2) is 11.1 Å². The first-order valence-electron chi connectivity index (χ1n) is 6.84. The second-order valence-corrected chi connectivity index (χ2v) is 6.96. The minimum atomic E-state index is -3.55. The van der Waals surface area contributed by atoms with Gasteiger partial charge in [0.05, 0.1) is 6.20 Å². The van der Waals surface area contributed by atoms with Crippen LogP contribution in [0.2, 0.25) is 0 Å². The Labute approximate surface area is 114 Å². The van der Waals surface area contributed by atoms with E-state index < -0.39 is 10.0 Å². The molecule has 0 unspecified atom stereocenters. The van der Waals surface area contributed by atoms with Crippen LogP contribution < -0.4 is 10.5 Å². The summed E-state index contributed by atoms with van der Waals surface area (Å²) in [5, 5.41) is 6.09. The third-order valence-electron chi connectivity index (χ3n) is 3.79. The van der Waals surface area contributed by atoms with Gasteiger partial charge in [-0.3, -0.25) is 5.10 Å². The van der Waals surface area contributed by atoms with Gasteiger partial charge < -0.3 is 5.73 Å². The molecule has 0 aliphatic heterocycles. The lowest BCUT2D eigenvalue weighted by Gasteiger charge is -2.28. The van der Waals surface area contributed by atoms with Gasteiger partial charge in [0.2, 0.25) is 10.0 Å². The zero-order valence-corrected chi connectivity index (χ0v) is 12.0. The monoisotopic (exact) mass is 286 g/mol. The van der Waals surface area contributed by atoms with Gasteiger partial charge in [-0.05, 0) is 31.6 Å². The van der Waals surface area contributed by atoms with Crippen LogP contribution in [-0.4, -0.2) is 24.7 Å². The van der Waals surface area contributed by atoms with Crippen molar-refractivity contribution in [1.82, 2.24) is 14.9 Å². The standard InChI is InChI=1S/C12H22N4O2S/c1-2-3-9-4-6-10(7-5-9)16-19(17,18)11-8-14-15-12(11)13/h8-10,16H,2-7H2,1H3,(H3,13,14,15). The second kappa shape index (κ2) is 5.92. The molecule has 7 heteroatoms. The van der Waals surface area contributed by atoms with Crippen LogP contribution >= 0.6 is 0 Å². The maximum absolute atomic E-state index is 12.1. The first-order valence-corrected chi connectivity index (χ1v) is 8.32. The van der Waals surface area contributed by atoms with Crippen molar-refractivity contribution in [2.24, 2.45) is 5.92 Å². The molecule has 1 aromatic rings. The maximum atomic E-state index is 12.1. The minimum Gasteiger partial charge on any atom is -0.383 e. The summed E-state index contributed by atoms with van der Waals surface area (Å²) in [6, 6.07) is 0.0207. The van der Waals surface area contributed by atoms with E-state index in [1.807, 2.05) is 0 Å². The fourth-order valence-corrected chi connectivity index (χ4v) is 4.09. The van der Waals surface area contributed by atoms with Crippen molar-refractivity contribution in [2.45, 2.75) is 56.4 Å². The number of aromatic nitrogens is 2. The third-order valence-corrected chi connectivity index (χ3v) is 5.34. The van der Waals surface area contributed by atoms with E-state index in [0.717, 1.165) is 31.6 Å². The van der Waals surface area contributed by atoms with Gasteiger partial charge in [-0.1, -0.05) is 19.8 Å². The lowest BCUT2D eigenvalue weighted by atomic mass is 9.84. The lowest BCUT2D eigenvalue weighted by molar-refractivity contribution is 0.297. The molecule has 19 heavy (non-hydrogen) atoms. The number of nitrogen functional groups attached to an aromatic ring is 1. The maximum Gasteiger partial charge on any atom is 0.246 e. The number of nitrogens with one attached hydrogen (secondary N) is 2. The van der Waals surface area contributed by atoms with Crippen LogP contribution in [0.5, 0.6) is 0 Å². The SMILES string of the molecule is CCCC1CCC(NS(=O)(=O)c2cn[nH]c2N)CC1. The highest BCUT2D eigenvalue weighted by atomic mass is 32.2. The van der Waals surface area contributed by atoms with E-state index in [9.17, 15) is 8.42 Å². The summed E-state index contributed by atoms with van der Waals surface area (Å²) >= 11 is 0. The topological polar surface area (TPSA) is 101 Å². The Kier molecular flexibility index (Phi) is 4.46. The van der Waals surface area contributed by atoms with Gasteiger partial charge in [0, 0.05) is 6.04 Å². The normalized spacial score (nSPS) is 24.5. The van der Waals surface area contributed by atoms with Crippen molar-refractivity contribution < 1.29 is 8.42 Å². The van der Waals surface area contributed by atoms with Crippen LogP contribution in [0, 0.1) is 5.92 Å². The summed E-state index contributed by atoms with van der Waals surface area (Å²) in [5.41, 5.74) is 5.56. The Morgan fingerprint density at radius 3 is 2.63 bits per heavy atom. The first kappa shape index (κ1) is 14.3. The molecule has 1 aliphatic rings. The van der Waals surface area contributed by atoms with Crippen LogP contribution in [0.3, 0.4) is 0 Å². The van der Waals surface area contributed by atoms with Crippen molar-refractivity contribution in [1.29, 1.82) is 0 Å². The van der Waals surface area contributed by atoms with Gasteiger partial charge in [0.1, 0.15) is 10.7 Å². The number of anilines is 1. The minimum absolute atomic E-state index is 0.0207. The number of H-pyrrole nitrogens is 1. The Morgan fingerprint density at radius 2 is 2.11 bits per heavy atom. The molecule has 1 saturated carbocycles. The number of aromatic amines is 1. The Morgan fingerprint density at radius 1 is 1.42 bits per heavy atom. The van der Waals surface area contributed by atoms with E-state index in [2.05, 4.69) is 21.8 Å². The van der Waals surface area contributed by atoms with E-state index in [1.165, 1.54) is 19.0 Å². The van der Waals surface area contributed by atoms with Crippen molar-refractivity contribution in [3.8, 4) is 0 Å². The zero-order chi connectivity index (χ0) is 13.9. The number of nitrogens with two attached hydrogens (primary N) is 1. The summed E-state index contributed by atoms with van der Waals surface area (Å²) in [7, 11) is -3.55. The summed E-state index contributed by atoms with van der Waals surface area (Å²) in [4.78, 5) is 0.0446. The number of nitrogens with zero attached hydrogens (tertiary/aromatic N) is 1. The highest BCUT2D eigenvalue weighted by molar-refractivity contribution is 7.89.